The summed E-state index contributed by atoms with van der Waals surface area (Å²) in [7, 11) is 1.51. The lowest BCUT2D eigenvalue weighted by Crippen LogP contribution is -2.72. The molecule has 1 aromatic carbocycles. The van der Waals surface area contributed by atoms with Crippen molar-refractivity contribution >= 4 is 17.9 Å². The number of ether oxygens (including phenoxy) is 2. The summed E-state index contributed by atoms with van der Waals surface area (Å²) in [5, 5.41) is 0. The summed E-state index contributed by atoms with van der Waals surface area (Å²) in [6, 6.07) is 4.88. The first-order valence-electron chi connectivity index (χ1n) is 8.99. The molecule has 2 fully saturated rings. The van der Waals surface area contributed by atoms with Gasteiger partial charge in [-0.1, -0.05) is 6.08 Å². The maximum Gasteiger partial charge on any atom is 0.201 e. The van der Waals surface area contributed by atoms with Gasteiger partial charge >= 0.3 is 0 Å². The van der Waals surface area contributed by atoms with E-state index in [-0.39, 0.29) is 29.0 Å². The molecule has 6 rings (SSSR count). The Kier molecular flexibility index (Phi) is 2.77. The third kappa shape index (κ3) is 1.43. The molecule has 5 aliphatic rings. The number of Topliss-reactive ketones (excluding diaryl/α,β-unsaturated/α-hetero) is 2. The van der Waals surface area contributed by atoms with Crippen molar-refractivity contribution in [2.24, 2.45) is 17.3 Å². The van der Waals surface area contributed by atoms with E-state index in [0.29, 0.717) is 16.9 Å². The average Bonchev–Trinajstić information content (AvgIpc) is 2.95. The lowest BCUT2D eigenvalue weighted by Gasteiger charge is -2.61. The first kappa shape index (κ1) is 15.9. The Morgan fingerprint density at radius 3 is 2.69 bits per heavy atom. The standard InChI is InChI=1S/C21H20O5/c1-19(10-22)14-6-7-20(2)15(14)9-16-17(23)12-5-4-11(25-3)8-13(12)18(24)21(16,19)26-20/h4-5,8-10,14-15H,6-7H2,1-3H3/t14-,15+,19-,20+,21-/m0/s1. The van der Waals surface area contributed by atoms with Gasteiger partial charge in [0.2, 0.25) is 5.78 Å². The predicted molar refractivity (Wildman–Crippen MR) is 92.3 cm³/mol. The molecule has 2 heterocycles. The molecule has 2 aliphatic heterocycles. The van der Waals surface area contributed by atoms with Gasteiger partial charge in [0.15, 0.2) is 11.4 Å². The monoisotopic (exact) mass is 352 g/mol. The van der Waals surface area contributed by atoms with Crippen molar-refractivity contribution in [3.8, 4) is 5.75 Å². The lowest BCUT2D eigenvalue weighted by molar-refractivity contribution is -0.219. The number of hydrogen-bond donors (Lipinski definition) is 0. The molecular formula is C21H20O5. The van der Waals surface area contributed by atoms with E-state index in [0.717, 1.165) is 19.1 Å². The lowest BCUT2D eigenvalue weighted by atomic mass is 9.49. The number of methoxy groups -OCH3 is 1. The van der Waals surface area contributed by atoms with E-state index >= 15 is 0 Å². The van der Waals surface area contributed by atoms with Crippen molar-refractivity contribution in [3.63, 3.8) is 0 Å². The molecule has 4 bridgehead atoms. The van der Waals surface area contributed by atoms with Crippen LogP contribution in [0.4, 0.5) is 0 Å². The van der Waals surface area contributed by atoms with Crippen molar-refractivity contribution in [3.05, 3.63) is 41.0 Å². The Morgan fingerprint density at radius 1 is 1.23 bits per heavy atom. The van der Waals surface area contributed by atoms with Gasteiger partial charge in [-0.05, 0) is 50.8 Å². The Morgan fingerprint density at radius 2 is 2.00 bits per heavy atom. The summed E-state index contributed by atoms with van der Waals surface area (Å²) in [4.78, 5) is 39.3. The van der Waals surface area contributed by atoms with Crippen LogP contribution in [0.3, 0.4) is 0 Å². The Bertz CT molecular complexity index is 930. The van der Waals surface area contributed by atoms with Crippen molar-refractivity contribution in [2.75, 3.05) is 7.11 Å². The molecule has 26 heavy (non-hydrogen) atoms. The largest absolute Gasteiger partial charge is 0.497 e. The molecule has 5 atom stereocenters. The molecular weight excluding hydrogens is 332 g/mol. The SMILES string of the molecule is COc1ccc2c(c1)C(=O)[C@@]13O[C@]4(C)CC[C@@H]([C@H]4C=C1C2=O)[C@]3(C)C=O. The number of aldehydes is 1. The highest BCUT2D eigenvalue weighted by Crippen LogP contribution is 2.68. The van der Waals surface area contributed by atoms with Crippen LogP contribution < -0.4 is 4.74 Å². The van der Waals surface area contributed by atoms with Crippen LogP contribution in [0.5, 0.6) is 5.75 Å². The van der Waals surface area contributed by atoms with Gasteiger partial charge in [-0.2, -0.15) is 0 Å². The first-order valence-corrected chi connectivity index (χ1v) is 8.99. The minimum absolute atomic E-state index is 0.00593. The summed E-state index contributed by atoms with van der Waals surface area (Å²) in [6.45, 7) is 3.78. The molecule has 1 spiro atoms. The second kappa shape index (κ2) is 4.52. The van der Waals surface area contributed by atoms with Crippen LogP contribution in [0.15, 0.2) is 29.8 Å². The van der Waals surface area contributed by atoms with E-state index in [9.17, 15) is 14.4 Å². The Balaban J connectivity index is 1.85. The summed E-state index contributed by atoms with van der Waals surface area (Å²) in [5.41, 5.74) is -2.11. The van der Waals surface area contributed by atoms with E-state index in [2.05, 4.69) is 0 Å². The molecule has 0 unspecified atom stereocenters. The van der Waals surface area contributed by atoms with Crippen molar-refractivity contribution in [2.45, 2.75) is 37.9 Å². The van der Waals surface area contributed by atoms with Crippen molar-refractivity contribution in [1.29, 1.82) is 0 Å². The molecule has 5 nitrogen and oxygen atoms in total. The first-order chi connectivity index (χ1) is 12.3. The fourth-order valence-electron chi connectivity index (χ4n) is 5.85. The maximum absolute atomic E-state index is 13.7. The van der Waals surface area contributed by atoms with Gasteiger partial charge in [0.25, 0.3) is 0 Å². The Labute approximate surface area is 151 Å². The van der Waals surface area contributed by atoms with Crippen molar-refractivity contribution in [1.82, 2.24) is 0 Å². The van der Waals surface area contributed by atoms with E-state index < -0.39 is 16.6 Å². The van der Waals surface area contributed by atoms with Crippen LogP contribution in [0.25, 0.3) is 0 Å². The number of rotatable bonds is 2. The Hall–Kier alpha value is -2.27. The summed E-state index contributed by atoms with van der Waals surface area (Å²) < 4.78 is 11.7. The van der Waals surface area contributed by atoms with Gasteiger partial charge in [-0.3, -0.25) is 9.59 Å². The average molecular weight is 352 g/mol. The van der Waals surface area contributed by atoms with Gasteiger partial charge in [0, 0.05) is 22.6 Å². The highest BCUT2D eigenvalue weighted by Gasteiger charge is 2.76. The molecule has 3 aliphatic carbocycles. The quantitative estimate of drug-likeness (QED) is 0.766. The molecule has 1 saturated carbocycles. The minimum Gasteiger partial charge on any atom is -0.497 e. The highest BCUT2D eigenvalue weighted by atomic mass is 16.5. The van der Waals surface area contributed by atoms with E-state index in [4.69, 9.17) is 9.47 Å². The number of hydrogen-bond acceptors (Lipinski definition) is 5. The van der Waals surface area contributed by atoms with Crippen LogP contribution in [0.2, 0.25) is 0 Å². The van der Waals surface area contributed by atoms with E-state index in [1.807, 2.05) is 13.0 Å². The zero-order valence-electron chi connectivity index (χ0n) is 15.0. The second-order valence-corrected chi connectivity index (χ2v) is 8.32. The van der Waals surface area contributed by atoms with Crippen LogP contribution in [-0.2, 0) is 9.53 Å². The van der Waals surface area contributed by atoms with Crippen LogP contribution >= 0.6 is 0 Å². The number of fused-ring (bicyclic) bond motifs is 1. The van der Waals surface area contributed by atoms with Crippen LogP contribution in [0, 0.1) is 17.3 Å². The predicted octanol–water partition coefficient (Wildman–Crippen LogP) is 2.77. The maximum atomic E-state index is 13.7. The fourth-order valence-corrected chi connectivity index (χ4v) is 5.85. The number of carbonyl (C=O) groups excluding carboxylic acids is 3. The number of ketones is 2. The summed E-state index contributed by atoms with van der Waals surface area (Å²) >= 11 is 0. The van der Waals surface area contributed by atoms with Crippen molar-refractivity contribution < 1.29 is 23.9 Å². The van der Waals surface area contributed by atoms with Crippen LogP contribution in [-0.4, -0.2) is 36.2 Å². The zero-order valence-corrected chi connectivity index (χ0v) is 15.0. The van der Waals surface area contributed by atoms with Gasteiger partial charge in [-0.15, -0.1) is 0 Å². The van der Waals surface area contributed by atoms with Gasteiger partial charge in [-0.25, -0.2) is 0 Å². The normalized spacial score (nSPS) is 42.2. The summed E-state index contributed by atoms with van der Waals surface area (Å²) in [5.74, 6) is -0.0383. The zero-order chi connectivity index (χ0) is 18.5. The third-order valence-corrected chi connectivity index (χ3v) is 7.26. The highest BCUT2D eigenvalue weighted by molar-refractivity contribution is 6.28. The molecule has 0 amide bonds. The molecule has 1 saturated heterocycles. The molecule has 1 aromatic rings. The molecule has 0 radical (unpaired) electrons. The van der Waals surface area contributed by atoms with Gasteiger partial charge in [0.1, 0.15) is 12.0 Å². The van der Waals surface area contributed by atoms with E-state index in [1.54, 1.807) is 25.1 Å². The molecule has 0 N–H and O–H groups in total. The smallest absolute Gasteiger partial charge is 0.201 e. The third-order valence-electron chi connectivity index (χ3n) is 7.26. The van der Waals surface area contributed by atoms with E-state index in [1.165, 1.54) is 7.11 Å². The number of carbonyl (C=O) groups is 3. The minimum atomic E-state index is -1.53. The fraction of sp³-hybridized carbons (Fsp3) is 0.476. The second-order valence-electron chi connectivity index (χ2n) is 8.32. The van der Waals surface area contributed by atoms with Gasteiger partial charge in [0.05, 0.1) is 18.1 Å². The molecule has 5 heteroatoms. The van der Waals surface area contributed by atoms with Gasteiger partial charge < -0.3 is 14.3 Å². The molecule has 134 valence electrons. The summed E-state index contributed by atoms with van der Waals surface area (Å²) in [6.07, 6.45) is 4.37. The van der Waals surface area contributed by atoms with Crippen LogP contribution in [0.1, 0.15) is 47.4 Å². The topological polar surface area (TPSA) is 69.7 Å². The molecule has 0 aromatic heterocycles. The number of benzene rings is 1.